The van der Waals surface area contributed by atoms with Crippen molar-refractivity contribution in [2.75, 3.05) is 5.32 Å². The number of nitro groups is 1. The molecule has 0 aliphatic rings. The maximum atomic E-state index is 11.8. The first-order valence-electron chi connectivity index (χ1n) is 4.92. The number of aromatic nitrogens is 2. The van der Waals surface area contributed by atoms with Crippen LogP contribution in [-0.2, 0) is 0 Å². The van der Waals surface area contributed by atoms with Crippen molar-refractivity contribution in [1.29, 1.82) is 0 Å². The molecule has 0 bridgehead atoms. The molecular weight excluding hydrogens is 339 g/mol. The third kappa shape index (κ3) is 3.09. The monoisotopic (exact) mass is 344 g/mol. The van der Waals surface area contributed by atoms with E-state index in [1.165, 1.54) is 6.20 Å². The van der Waals surface area contributed by atoms with E-state index in [0.29, 0.717) is 10.2 Å². The van der Waals surface area contributed by atoms with Crippen LogP contribution in [0.3, 0.4) is 0 Å². The number of amides is 1. The molecule has 0 saturated carbocycles. The predicted molar refractivity (Wildman–Crippen MR) is 72.3 cm³/mol. The smallest absolute Gasteiger partial charge is 0.287 e. The zero-order chi connectivity index (χ0) is 14.0. The second-order valence-corrected chi connectivity index (χ2v) is 4.75. The average molecular weight is 346 g/mol. The summed E-state index contributed by atoms with van der Waals surface area (Å²) in [5.41, 5.74) is 0.171. The standard InChI is InChI=1S/C10H6BrClN4O3/c11-5-1-7(9(12)14-3-5)15-10(17)8-2-6(4-13-8)16(18)19/h1-4,13H,(H,15,17). The number of hydrogen-bond acceptors (Lipinski definition) is 4. The normalized spacial score (nSPS) is 10.2. The van der Waals surface area contributed by atoms with Gasteiger partial charge < -0.3 is 10.3 Å². The van der Waals surface area contributed by atoms with Gasteiger partial charge in [0.05, 0.1) is 16.8 Å². The Bertz CT molecular complexity index is 658. The van der Waals surface area contributed by atoms with Crippen LogP contribution in [-0.4, -0.2) is 20.8 Å². The molecule has 7 nitrogen and oxygen atoms in total. The largest absolute Gasteiger partial charge is 0.351 e. The van der Waals surface area contributed by atoms with Gasteiger partial charge in [0.25, 0.3) is 11.6 Å². The summed E-state index contributed by atoms with van der Waals surface area (Å²) in [6.07, 6.45) is 2.62. The quantitative estimate of drug-likeness (QED) is 0.507. The molecule has 0 aliphatic carbocycles. The topological polar surface area (TPSA) is 101 Å². The van der Waals surface area contributed by atoms with Crippen LogP contribution in [0.1, 0.15) is 10.5 Å². The molecule has 9 heteroatoms. The molecule has 2 heterocycles. The van der Waals surface area contributed by atoms with Crippen molar-refractivity contribution in [2.45, 2.75) is 0 Å². The fourth-order valence-electron chi connectivity index (χ4n) is 1.32. The van der Waals surface area contributed by atoms with Crippen molar-refractivity contribution in [1.82, 2.24) is 9.97 Å². The highest BCUT2D eigenvalue weighted by Crippen LogP contribution is 2.23. The van der Waals surface area contributed by atoms with Crippen molar-refractivity contribution >= 4 is 44.8 Å². The maximum absolute atomic E-state index is 11.8. The van der Waals surface area contributed by atoms with Gasteiger partial charge in [-0.05, 0) is 22.0 Å². The van der Waals surface area contributed by atoms with Gasteiger partial charge >= 0.3 is 0 Å². The lowest BCUT2D eigenvalue weighted by Gasteiger charge is -2.05. The number of pyridine rings is 1. The van der Waals surface area contributed by atoms with Crippen LogP contribution in [0.25, 0.3) is 0 Å². The van der Waals surface area contributed by atoms with Gasteiger partial charge in [-0.1, -0.05) is 11.6 Å². The second-order valence-electron chi connectivity index (χ2n) is 3.47. The lowest BCUT2D eigenvalue weighted by atomic mass is 10.3. The van der Waals surface area contributed by atoms with Crippen molar-refractivity contribution in [2.24, 2.45) is 0 Å². The Labute approximate surface area is 120 Å². The van der Waals surface area contributed by atoms with Gasteiger partial charge in [0.2, 0.25) is 0 Å². The highest BCUT2D eigenvalue weighted by Gasteiger charge is 2.15. The van der Waals surface area contributed by atoms with Gasteiger partial charge in [-0.25, -0.2) is 4.98 Å². The van der Waals surface area contributed by atoms with Crippen molar-refractivity contribution < 1.29 is 9.72 Å². The molecule has 0 aromatic carbocycles. The number of carbonyl (C=O) groups excluding carboxylic acids is 1. The van der Waals surface area contributed by atoms with Crippen LogP contribution < -0.4 is 5.32 Å². The Morgan fingerprint density at radius 3 is 2.89 bits per heavy atom. The number of carbonyl (C=O) groups is 1. The summed E-state index contributed by atoms with van der Waals surface area (Å²) < 4.78 is 0.643. The Hall–Kier alpha value is -1.93. The Morgan fingerprint density at radius 2 is 2.26 bits per heavy atom. The van der Waals surface area contributed by atoms with Crippen LogP contribution in [0.5, 0.6) is 0 Å². The molecule has 2 aromatic rings. The van der Waals surface area contributed by atoms with E-state index in [2.05, 4.69) is 31.2 Å². The van der Waals surface area contributed by atoms with E-state index >= 15 is 0 Å². The highest BCUT2D eigenvalue weighted by molar-refractivity contribution is 9.10. The fraction of sp³-hybridized carbons (Fsp3) is 0. The summed E-state index contributed by atoms with van der Waals surface area (Å²) in [4.78, 5) is 28.1. The summed E-state index contributed by atoms with van der Waals surface area (Å²) >= 11 is 9.01. The van der Waals surface area contributed by atoms with Crippen LogP contribution in [0.2, 0.25) is 5.15 Å². The maximum Gasteiger partial charge on any atom is 0.287 e. The number of hydrogen-bond donors (Lipinski definition) is 2. The van der Waals surface area contributed by atoms with Gasteiger partial charge in [0, 0.05) is 16.7 Å². The van der Waals surface area contributed by atoms with Gasteiger partial charge in [-0.2, -0.15) is 0 Å². The van der Waals surface area contributed by atoms with E-state index in [1.807, 2.05) is 0 Å². The molecule has 0 fully saturated rings. The molecule has 0 unspecified atom stereocenters. The van der Waals surface area contributed by atoms with E-state index in [0.717, 1.165) is 12.3 Å². The molecule has 98 valence electrons. The minimum atomic E-state index is -0.596. The van der Waals surface area contributed by atoms with Crippen LogP contribution in [0, 0.1) is 10.1 Å². The van der Waals surface area contributed by atoms with Crippen molar-refractivity contribution in [3.63, 3.8) is 0 Å². The van der Waals surface area contributed by atoms with E-state index in [-0.39, 0.29) is 16.5 Å². The molecular formula is C10H6BrClN4O3. The summed E-state index contributed by atoms with van der Waals surface area (Å²) in [6, 6.07) is 2.71. The SMILES string of the molecule is O=C(Nc1cc(Br)cnc1Cl)c1cc([N+](=O)[O-])c[nH]1. The molecule has 0 spiro atoms. The minimum Gasteiger partial charge on any atom is -0.351 e. The number of nitrogens with one attached hydrogen (secondary N) is 2. The third-order valence-corrected chi connectivity index (χ3v) is 2.91. The predicted octanol–water partition coefficient (Wildman–Crippen LogP) is 2.99. The van der Waals surface area contributed by atoms with Gasteiger partial charge in [-0.15, -0.1) is 0 Å². The number of H-pyrrole nitrogens is 1. The number of halogens is 2. The lowest BCUT2D eigenvalue weighted by Crippen LogP contribution is -2.12. The number of rotatable bonds is 3. The summed E-state index contributed by atoms with van der Waals surface area (Å²) in [5.74, 6) is -0.546. The molecule has 0 aliphatic heterocycles. The van der Waals surface area contributed by atoms with E-state index < -0.39 is 10.8 Å². The molecule has 2 aromatic heterocycles. The first kappa shape index (κ1) is 13.5. The Balaban J connectivity index is 2.20. The van der Waals surface area contributed by atoms with Crippen LogP contribution >= 0.6 is 27.5 Å². The zero-order valence-corrected chi connectivity index (χ0v) is 11.5. The van der Waals surface area contributed by atoms with Crippen molar-refractivity contribution in [3.05, 3.63) is 50.0 Å². The first-order chi connectivity index (χ1) is 8.97. The second kappa shape index (κ2) is 5.37. The minimum absolute atomic E-state index is 0.0581. The first-order valence-corrected chi connectivity index (χ1v) is 6.09. The Kier molecular flexibility index (Phi) is 3.82. The molecule has 2 N–H and O–H groups in total. The zero-order valence-electron chi connectivity index (χ0n) is 9.18. The molecule has 0 atom stereocenters. The van der Waals surface area contributed by atoms with E-state index in [4.69, 9.17) is 11.6 Å². The van der Waals surface area contributed by atoms with E-state index in [9.17, 15) is 14.9 Å². The summed E-state index contributed by atoms with van der Waals surface area (Å²) in [6.45, 7) is 0. The van der Waals surface area contributed by atoms with Crippen LogP contribution in [0.15, 0.2) is 29.0 Å². The number of anilines is 1. The molecule has 19 heavy (non-hydrogen) atoms. The molecule has 0 radical (unpaired) electrons. The average Bonchev–Trinajstić information content (AvgIpc) is 2.83. The fourth-order valence-corrected chi connectivity index (χ4v) is 1.80. The third-order valence-electron chi connectivity index (χ3n) is 2.18. The summed E-state index contributed by atoms with van der Waals surface area (Å²) in [5, 5.41) is 13.1. The molecule has 0 saturated heterocycles. The molecule has 1 amide bonds. The van der Waals surface area contributed by atoms with Gasteiger partial charge in [-0.3, -0.25) is 14.9 Å². The Morgan fingerprint density at radius 1 is 1.53 bits per heavy atom. The lowest BCUT2D eigenvalue weighted by molar-refractivity contribution is -0.384. The summed E-state index contributed by atoms with van der Waals surface area (Å²) in [7, 11) is 0. The van der Waals surface area contributed by atoms with E-state index in [1.54, 1.807) is 6.07 Å². The highest BCUT2D eigenvalue weighted by atomic mass is 79.9. The van der Waals surface area contributed by atoms with Gasteiger partial charge in [0.1, 0.15) is 5.69 Å². The van der Waals surface area contributed by atoms with Crippen molar-refractivity contribution in [3.8, 4) is 0 Å². The van der Waals surface area contributed by atoms with Gasteiger partial charge in [0.15, 0.2) is 5.15 Å². The molecule has 2 rings (SSSR count). The number of nitrogens with zero attached hydrogens (tertiary/aromatic N) is 2. The van der Waals surface area contributed by atoms with Crippen LogP contribution in [0.4, 0.5) is 11.4 Å². The number of aromatic amines is 1.